The molecule has 0 bridgehead atoms. The van der Waals surface area contributed by atoms with Crippen LogP contribution in [0.1, 0.15) is 5.56 Å². The average Bonchev–Trinajstić information content (AvgIpc) is 2.84. The van der Waals surface area contributed by atoms with Crippen LogP contribution in [0.15, 0.2) is 43.0 Å². The second-order valence-corrected chi connectivity index (χ2v) is 4.16. The topological polar surface area (TPSA) is 47.1 Å². The molecular formula is C13H18N4. The third-order valence-electron chi connectivity index (χ3n) is 2.70. The molecule has 0 atom stereocenters. The molecular weight excluding hydrogens is 212 g/mol. The molecule has 1 heterocycles. The number of hydrogen-bond donors (Lipinski definition) is 1. The molecule has 0 aliphatic carbocycles. The Morgan fingerprint density at radius 3 is 2.65 bits per heavy atom. The van der Waals surface area contributed by atoms with E-state index in [1.54, 1.807) is 12.5 Å². The Kier molecular flexibility index (Phi) is 3.90. The number of benzene rings is 1. The van der Waals surface area contributed by atoms with Crippen LogP contribution in [0.5, 0.6) is 0 Å². The Bertz CT molecular complexity index is 433. The summed E-state index contributed by atoms with van der Waals surface area (Å²) < 4.78 is 1.99. The fourth-order valence-electron chi connectivity index (χ4n) is 1.80. The molecule has 2 rings (SSSR count). The van der Waals surface area contributed by atoms with Gasteiger partial charge in [-0.05, 0) is 24.7 Å². The summed E-state index contributed by atoms with van der Waals surface area (Å²) in [5.41, 5.74) is 7.95. The van der Waals surface area contributed by atoms with E-state index in [9.17, 15) is 0 Å². The number of imidazole rings is 1. The Balaban J connectivity index is 2.03. The van der Waals surface area contributed by atoms with Crippen LogP contribution in [0, 0.1) is 0 Å². The Morgan fingerprint density at radius 1 is 1.29 bits per heavy atom. The van der Waals surface area contributed by atoms with Gasteiger partial charge in [-0.25, -0.2) is 4.98 Å². The van der Waals surface area contributed by atoms with Gasteiger partial charge >= 0.3 is 0 Å². The fourth-order valence-corrected chi connectivity index (χ4v) is 1.80. The minimum Gasteiger partial charge on any atom is -0.329 e. The third-order valence-corrected chi connectivity index (χ3v) is 2.70. The van der Waals surface area contributed by atoms with Crippen molar-refractivity contribution in [3.05, 3.63) is 48.5 Å². The average molecular weight is 230 g/mol. The maximum atomic E-state index is 5.52. The molecule has 1 aromatic carbocycles. The highest BCUT2D eigenvalue weighted by Crippen LogP contribution is 2.10. The lowest BCUT2D eigenvalue weighted by Gasteiger charge is -2.15. The van der Waals surface area contributed by atoms with Gasteiger partial charge in [0.05, 0.1) is 6.33 Å². The number of aromatic nitrogens is 2. The molecule has 0 fully saturated rings. The highest BCUT2D eigenvalue weighted by atomic mass is 15.1. The zero-order valence-corrected chi connectivity index (χ0v) is 10.1. The number of nitrogens with zero attached hydrogens (tertiary/aromatic N) is 3. The SMILES string of the molecule is CN(CCN)Cc1ccc(-n2ccnc2)cc1. The van der Waals surface area contributed by atoms with Crippen LogP contribution in [0.4, 0.5) is 0 Å². The van der Waals surface area contributed by atoms with Gasteiger partial charge in [-0.2, -0.15) is 0 Å². The maximum Gasteiger partial charge on any atom is 0.0991 e. The predicted octanol–water partition coefficient (Wildman–Crippen LogP) is 1.26. The summed E-state index contributed by atoms with van der Waals surface area (Å²) in [5, 5.41) is 0. The minimum absolute atomic E-state index is 0.698. The summed E-state index contributed by atoms with van der Waals surface area (Å²) in [6, 6.07) is 8.49. The number of hydrogen-bond acceptors (Lipinski definition) is 3. The van der Waals surface area contributed by atoms with E-state index < -0.39 is 0 Å². The van der Waals surface area contributed by atoms with E-state index in [0.29, 0.717) is 6.54 Å². The van der Waals surface area contributed by atoms with Gasteiger partial charge in [0.1, 0.15) is 0 Å². The quantitative estimate of drug-likeness (QED) is 0.841. The smallest absolute Gasteiger partial charge is 0.0991 e. The zero-order valence-electron chi connectivity index (χ0n) is 10.1. The molecule has 0 aliphatic rings. The molecule has 0 aliphatic heterocycles. The van der Waals surface area contributed by atoms with Gasteiger partial charge in [0.25, 0.3) is 0 Å². The molecule has 0 amide bonds. The van der Waals surface area contributed by atoms with Gasteiger partial charge in [-0.1, -0.05) is 12.1 Å². The zero-order chi connectivity index (χ0) is 12.1. The van der Waals surface area contributed by atoms with Crippen LogP contribution < -0.4 is 5.73 Å². The minimum atomic E-state index is 0.698. The highest BCUT2D eigenvalue weighted by Gasteiger charge is 2.00. The maximum absolute atomic E-state index is 5.52. The first-order valence-corrected chi connectivity index (χ1v) is 5.75. The van der Waals surface area contributed by atoms with Crippen molar-refractivity contribution in [1.82, 2.24) is 14.5 Å². The molecule has 0 unspecified atom stereocenters. The second-order valence-electron chi connectivity index (χ2n) is 4.16. The van der Waals surface area contributed by atoms with Crippen LogP contribution >= 0.6 is 0 Å². The van der Waals surface area contributed by atoms with E-state index in [4.69, 9.17) is 5.73 Å². The fraction of sp³-hybridized carbons (Fsp3) is 0.308. The third kappa shape index (κ3) is 3.15. The van der Waals surface area contributed by atoms with Crippen molar-refractivity contribution in [3.63, 3.8) is 0 Å². The summed E-state index contributed by atoms with van der Waals surface area (Å²) in [6.07, 6.45) is 5.52. The van der Waals surface area contributed by atoms with E-state index >= 15 is 0 Å². The van der Waals surface area contributed by atoms with Gasteiger partial charge in [-0.3, -0.25) is 0 Å². The van der Waals surface area contributed by atoms with Crippen LogP contribution in [0.25, 0.3) is 5.69 Å². The van der Waals surface area contributed by atoms with Crippen molar-refractivity contribution in [1.29, 1.82) is 0 Å². The number of rotatable bonds is 5. The molecule has 0 saturated carbocycles. The molecule has 4 heteroatoms. The molecule has 0 spiro atoms. The van der Waals surface area contributed by atoms with E-state index in [0.717, 1.165) is 18.8 Å². The lowest BCUT2D eigenvalue weighted by Crippen LogP contribution is -2.24. The highest BCUT2D eigenvalue weighted by molar-refractivity contribution is 5.34. The Morgan fingerprint density at radius 2 is 2.06 bits per heavy atom. The van der Waals surface area contributed by atoms with E-state index in [-0.39, 0.29) is 0 Å². The lowest BCUT2D eigenvalue weighted by atomic mass is 10.2. The van der Waals surface area contributed by atoms with Crippen molar-refractivity contribution in [3.8, 4) is 5.69 Å². The Labute approximate surface area is 102 Å². The summed E-state index contributed by atoms with van der Waals surface area (Å²) in [7, 11) is 2.08. The summed E-state index contributed by atoms with van der Waals surface area (Å²) >= 11 is 0. The molecule has 90 valence electrons. The number of nitrogens with two attached hydrogens (primary N) is 1. The van der Waals surface area contributed by atoms with Crippen molar-refractivity contribution in [2.45, 2.75) is 6.54 Å². The second kappa shape index (κ2) is 5.61. The van der Waals surface area contributed by atoms with Crippen molar-refractivity contribution >= 4 is 0 Å². The summed E-state index contributed by atoms with van der Waals surface area (Å²) in [4.78, 5) is 6.25. The van der Waals surface area contributed by atoms with Crippen molar-refractivity contribution < 1.29 is 0 Å². The molecule has 1 aromatic heterocycles. The normalized spacial score (nSPS) is 11.0. The predicted molar refractivity (Wildman–Crippen MR) is 69.0 cm³/mol. The van der Waals surface area contributed by atoms with E-state index in [1.807, 2.05) is 10.8 Å². The van der Waals surface area contributed by atoms with Gasteiger partial charge in [0, 0.05) is 37.7 Å². The molecule has 2 N–H and O–H groups in total. The van der Waals surface area contributed by atoms with Gasteiger partial charge in [0.15, 0.2) is 0 Å². The summed E-state index contributed by atoms with van der Waals surface area (Å²) in [6.45, 7) is 2.55. The molecule has 2 aromatic rings. The van der Waals surface area contributed by atoms with E-state index in [1.165, 1.54) is 5.56 Å². The first-order chi connectivity index (χ1) is 8.29. The Hall–Kier alpha value is -1.65. The van der Waals surface area contributed by atoms with Gasteiger partial charge in [0.2, 0.25) is 0 Å². The van der Waals surface area contributed by atoms with Crippen molar-refractivity contribution in [2.75, 3.05) is 20.1 Å². The van der Waals surface area contributed by atoms with Gasteiger partial charge < -0.3 is 15.2 Å². The molecule has 4 nitrogen and oxygen atoms in total. The van der Waals surface area contributed by atoms with Crippen LogP contribution in [-0.4, -0.2) is 34.6 Å². The number of likely N-dealkylation sites (N-methyl/N-ethyl adjacent to an activating group) is 1. The van der Waals surface area contributed by atoms with Crippen LogP contribution in [0.3, 0.4) is 0 Å². The first kappa shape index (κ1) is 11.8. The monoisotopic (exact) mass is 230 g/mol. The largest absolute Gasteiger partial charge is 0.329 e. The molecule has 17 heavy (non-hydrogen) atoms. The summed E-state index contributed by atoms with van der Waals surface area (Å²) in [5.74, 6) is 0. The van der Waals surface area contributed by atoms with E-state index in [2.05, 4.69) is 41.2 Å². The van der Waals surface area contributed by atoms with Crippen LogP contribution in [0.2, 0.25) is 0 Å². The first-order valence-electron chi connectivity index (χ1n) is 5.75. The van der Waals surface area contributed by atoms with Gasteiger partial charge in [-0.15, -0.1) is 0 Å². The molecule has 0 radical (unpaired) electrons. The van der Waals surface area contributed by atoms with Crippen molar-refractivity contribution in [2.24, 2.45) is 5.73 Å². The lowest BCUT2D eigenvalue weighted by molar-refractivity contribution is 0.336. The van der Waals surface area contributed by atoms with Crippen LogP contribution in [-0.2, 0) is 6.54 Å². The molecule has 0 saturated heterocycles. The standard InChI is InChI=1S/C13H18N4/c1-16(8-6-14)10-12-2-4-13(5-3-12)17-9-7-15-11-17/h2-5,7,9,11H,6,8,10,14H2,1H3.